The lowest BCUT2D eigenvalue weighted by Crippen LogP contribution is -2.24. The molecule has 1 aliphatic heterocycles. The molecule has 1 fully saturated rings. The second kappa shape index (κ2) is 5.38. The van der Waals surface area contributed by atoms with Crippen LogP contribution in [-0.4, -0.2) is 30.8 Å². The average molecular weight is 213 g/mol. The molecule has 0 radical (unpaired) electrons. The summed E-state index contributed by atoms with van der Waals surface area (Å²) >= 11 is 0. The van der Waals surface area contributed by atoms with Crippen LogP contribution in [0.4, 0.5) is 4.79 Å². The van der Waals surface area contributed by atoms with Crippen molar-refractivity contribution in [2.75, 3.05) is 6.61 Å². The molecule has 0 saturated carbocycles. The predicted molar refractivity (Wildman–Crippen MR) is 53.3 cm³/mol. The van der Waals surface area contributed by atoms with E-state index in [0.29, 0.717) is 13.0 Å². The summed E-state index contributed by atoms with van der Waals surface area (Å²) in [4.78, 5) is 21.4. The van der Waals surface area contributed by atoms with Crippen molar-refractivity contribution in [2.24, 2.45) is 0 Å². The standard InChI is InChI=1S/C10H15NO4/c1-3-9(15-7(2)12)5-4-8-6-14-10(13)11-8/h4-5,8-9H,3,6H2,1-2H3,(H,11,13)/b5-4+/t8-,9+/m0/s1. The van der Waals surface area contributed by atoms with Gasteiger partial charge in [0, 0.05) is 6.92 Å². The molecule has 1 amide bonds. The lowest BCUT2D eigenvalue weighted by molar-refractivity contribution is -0.144. The van der Waals surface area contributed by atoms with Gasteiger partial charge < -0.3 is 14.8 Å². The fourth-order valence-corrected chi connectivity index (χ4v) is 1.23. The zero-order valence-corrected chi connectivity index (χ0v) is 8.86. The van der Waals surface area contributed by atoms with Gasteiger partial charge in [-0.25, -0.2) is 4.79 Å². The van der Waals surface area contributed by atoms with Crippen molar-refractivity contribution >= 4 is 12.1 Å². The number of alkyl carbamates (subject to hydrolysis) is 1. The van der Waals surface area contributed by atoms with Crippen molar-refractivity contribution in [3.8, 4) is 0 Å². The highest BCUT2D eigenvalue weighted by molar-refractivity contribution is 5.70. The Kier molecular flexibility index (Phi) is 4.15. The van der Waals surface area contributed by atoms with Gasteiger partial charge in [0.15, 0.2) is 0 Å². The summed E-state index contributed by atoms with van der Waals surface area (Å²) in [5, 5.41) is 2.60. The third-order valence-corrected chi connectivity index (χ3v) is 1.98. The highest BCUT2D eigenvalue weighted by atomic mass is 16.6. The van der Waals surface area contributed by atoms with Crippen LogP contribution < -0.4 is 5.32 Å². The second-order valence-electron chi connectivity index (χ2n) is 3.29. The molecule has 5 heteroatoms. The first-order valence-electron chi connectivity index (χ1n) is 4.90. The number of hydrogen-bond donors (Lipinski definition) is 1. The van der Waals surface area contributed by atoms with Gasteiger partial charge in [0.05, 0.1) is 6.04 Å². The molecule has 1 rings (SSSR count). The Balaban J connectivity index is 2.40. The third-order valence-electron chi connectivity index (χ3n) is 1.98. The van der Waals surface area contributed by atoms with Crippen molar-refractivity contribution in [2.45, 2.75) is 32.4 Å². The Bertz CT molecular complexity index is 275. The number of amides is 1. The van der Waals surface area contributed by atoms with E-state index in [4.69, 9.17) is 9.47 Å². The Morgan fingerprint density at radius 3 is 3.00 bits per heavy atom. The number of hydrogen-bond acceptors (Lipinski definition) is 4. The number of ether oxygens (including phenoxy) is 2. The van der Waals surface area contributed by atoms with Gasteiger partial charge >= 0.3 is 12.1 Å². The lowest BCUT2D eigenvalue weighted by atomic mass is 10.2. The summed E-state index contributed by atoms with van der Waals surface area (Å²) in [6, 6.07) is -0.123. The first kappa shape index (κ1) is 11.6. The number of carbonyl (C=O) groups is 2. The van der Waals surface area contributed by atoms with Crippen LogP contribution in [0.25, 0.3) is 0 Å². The highest BCUT2D eigenvalue weighted by Gasteiger charge is 2.19. The Morgan fingerprint density at radius 1 is 1.80 bits per heavy atom. The third kappa shape index (κ3) is 4.01. The normalized spacial score (nSPS) is 22.3. The van der Waals surface area contributed by atoms with E-state index in [0.717, 1.165) is 0 Å². The quantitative estimate of drug-likeness (QED) is 0.558. The minimum Gasteiger partial charge on any atom is -0.458 e. The number of nitrogens with one attached hydrogen (secondary N) is 1. The van der Waals surface area contributed by atoms with Crippen LogP contribution in [-0.2, 0) is 14.3 Å². The molecule has 2 atom stereocenters. The molecule has 0 bridgehead atoms. The molecule has 5 nitrogen and oxygen atoms in total. The molecule has 0 aromatic carbocycles. The number of rotatable bonds is 4. The molecule has 1 heterocycles. The maximum atomic E-state index is 10.7. The molecule has 0 spiro atoms. The van der Waals surface area contributed by atoms with E-state index in [2.05, 4.69) is 5.32 Å². The number of cyclic esters (lactones) is 1. The molecule has 0 unspecified atom stereocenters. The fraction of sp³-hybridized carbons (Fsp3) is 0.600. The maximum absolute atomic E-state index is 10.7. The van der Waals surface area contributed by atoms with Gasteiger partial charge in [0.25, 0.3) is 0 Å². The summed E-state index contributed by atoms with van der Waals surface area (Å²) in [7, 11) is 0. The van der Waals surface area contributed by atoms with Crippen molar-refractivity contribution < 1.29 is 19.1 Å². The molecule has 0 aromatic heterocycles. The zero-order chi connectivity index (χ0) is 11.3. The molecule has 84 valence electrons. The molecule has 1 aliphatic rings. The van der Waals surface area contributed by atoms with Gasteiger partial charge in [-0.3, -0.25) is 4.79 Å². The molecule has 1 N–H and O–H groups in total. The monoisotopic (exact) mass is 213 g/mol. The maximum Gasteiger partial charge on any atom is 0.407 e. The van der Waals surface area contributed by atoms with Crippen molar-refractivity contribution in [3.63, 3.8) is 0 Å². The molecule has 0 aliphatic carbocycles. The van der Waals surface area contributed by atoms with Crippen molar-refractivity contribution in [1.82, 2.24) is 5.32 Å². The lowest BCUT2D eigenvalue weighted by Gasteiger charge is -2.10. The first-order valence-corrected chi connectivity index (χ1v) is 4.90. The van der Waals surface area contributed by atoms with Crippen LogP contribution >= 0.6 is 0 Å². The zero-order valence-electron chi connectivity index (χ0n) is 8.86. The fourth-order valence-electron chi connectivity index (χ4n) is 1.23. The van der Waals surface area contributed by atoms with Crippen LogP contribution in [0, 0.1) is 0 Å². The van der Waals surface area contributed by atoms with E-state index in [-0.39, 0.29) is 18.1 Å². The van der Waals surface area contributed by atoms with Crippen molar-refractivity contribution in [3.05, 3.63) is 12.2 Å². The van der Waals surface area contributed by atoms with Crippen LogP contribution in [0.15, 0.2) is 12.2 Å². The smallest absolute Gasteiger partial charge is 0.407 e. The van der Waals surface area contributed by atoms with Crippen LogP contribution in [0.3, 0.4) is 0 Å². The van der Waals surface area contributed by atoms with E-state index in [9.17, 15) is 9.59 Å². The Hall–Kier alpha value is -1.52. The number of esters is 1. The summed E-state index contributed by atoms with van der Waals surface area (Å²) in [6.07, 6.45) is 3.60. The number of carbonyl (C=O) groups excluding carboxylic acids is 2. The van der Waals surface area contributed by atoms with E-state index < -0.39 is 6.09 Å². The Labute approximate surface area is 88.4 Å². The molecule has 15 heavy (non-hydrogen) atoms. The van der Waals surface area contributed by atoms with Gasteiger partial charge in [-0.1, -0.05) is 13.0 Å². The minimum absolute atomic E-state index is 0.123. The first-order chi connectivity index (χ1) is 7.11. The van der Waals surface area contributed by atoms with Gasteiger partial charge in [0.1, 0.15) is 12.7 Å². The summed E-state index contributed by atoms with van der Waals surface area (Å²) < 4.78 is 9.71. The second-order valence-corrected chi connectivity index (χ2v) is 3.29. The summed E-state index contributed by atoms with van der Waals surface area (Å²) in [5.41, 5.74) is 0. The van der Waals surface area contributed by atoms with Gasteiger partial charge in [-0.15, -0.1) is 0 Å². The minimum atomic E-state index is -0.412. The van der Waals surface area contributed by atoms with Gasteiger partial charge in [-0.2, -0.15) is 0 Å². The molecule has 0 aromatic rings. The van der Waals surface area contributed by atoms with Crippen LogP contribution in [0.2, 0.25) is 0 Å². The van der Waals surface area contributed by atoms with Crippen LogP contribution in [0.5, 0.6) is 0 Å². The Morgan fingerprint density at radius 2 is 2.53 bits per heavy atom. The molecular weight excluding hydrogens is 198 g/mol. The van der Waals surface area contributed by atoms with E-state index in [1.54, 1.807) is 12.2 Å². The van der Waals surface area contributed by atoms with Crippen molar-refractivity contribution in [1.29, 1.82) is 0 Å². The van der Waals surface area contributed by atoms with E-state index >= 15 is 0 Å². The largest absolute Gasteiger partial charge is 0.458 e. The molecule has 1 saturated heterocycles. The van der Waals surface area contributed by atoms with Gasteiger partial charge in [0.2, 0.25) is 0 Å². The average Bonchev–Trinajstić information content (AvgIpc) is 2.58. The predicted octanol–water partition coefficient (Wildman–Crippen LogP) is 0.993. The summed E-state index contributed by atoms with van der Waals surface area (Å²) in [6.45, 7) is 3.62. The highest BCUT2D eigenvalue weighted by Crippen LogP contribution is 2.04. The molecular formula is C10H15NO4. The van der Waals surface area contributed by atoms with Crippen LogP contribution in [0.1, 0.15) is 20.3 Å². The van der Waals surface area contributed by atoms with E-state index in [1.807, 2.05) is 6.92 Å². The summed E-state index contributed by atoms with van der Waals surface area (Å²) in [5.74, 6) is -0.307. The van der Waals surface area contributed by atoms with E-state index in [1.165, 1.54) is 6.92 Å². The SMILES string of the molecule is CC[C@H](/C=C/[C@H]1COC(=O)N1)OC(C)=O. The topological polar surface area (TPSA) is 64.6 Å². The van der Waals surface area contributed by atoms with Gasteiger partial charge in [-0.05, 0) is 12.5 Å².